The van der Waals surface area contributed by atoms with Crippen molar-refractivity contribution in [1.82, 2.24) is 4.98 Å². The van der Waals surface area contributed by atoms with Gasteiger partial charge in [0.1, 0.15) is 0 Å². The van der Waals surface area contributed by atoms with Crippen LogP contribution in [0.15, 0.2) is 30.5 Å². The van der Waals surface area contributed by atoms with Gasteiger partial charge in [0.15, 0.2) is 0 Å². The van der Waals surface area contributed by atoms with E-state index in [9.17, 15) is 4.79 Å². The van der Waals surface area contributed by atoms with Gasteiger partial charge in [-0.3, -0.25) is 9.78 Å². The molecule has 0 aliphatic heterocycles. The van der Waals surface area contributed by atoms with Crippen LogP contribution in [0.25, 0.3) is 10.9 Å². The number of hydrogen-bond acceptors (Lipinski definition) is 4. The molecule has 1 aromatic carbocycles. The highest BCUT2D eigenvalue weighted by atomic mass is 16.5. The van der Waals surface area contributed by atoms with Crippen LogP contribution in [0.5, 0.6) is 0 Å². The fourth-order valence-corrected chi connectivity index (χ4v) is 1.63. The highest BCUT2D eigenvalue weighted by Gasteiger charge is 2.10. The van der Waals surface area contributed by atoms with E-state index in [1.54, 1.807) is 6.20 Å². The standard InChI is InChI=1S/C12H12N2O2/c1-16-12(15)6-9-8-4-2-3-5-11(8)14-7-10(9)13/h2-5,7H,6,13H2,1H3. The van der Waals surface area contributed by atoms with E-state index in [1.165, 1.54) is 7.11 Å². The lowest BCUT2D eigenvalue weighted by Gasteiger charge is -2.07. The van der Waals surface area contributed by atoms with E-state index in [2.05, 4.69) is 9.72 Å². The van der Waals surface area contributed by atoms with Gasteiger partial charge in [-0.25, -0.2) is 0 Å². The highest BCUT2D eigenvalue weighted by molar-refractivity contribution is 5.90. The third-order valence-electron chi connectivity index (χ3n) is 2.47. The van der Waals surface area contributed by atoms with Gasteiger partial charge in [0.2, 0.25) is 0 Å². The van der Waals surface area contributed by atoms with Crippen LogP contribution in [0.2, 0.25) is 0 Å². The van der Waals surface area contributed by atoms with Crippen LogP contribution < -0.4 is 5.73 Å². The Bertz CT molecular complexity index is 538. The van der Waals surface area contributed by atoms with Crippen molar-refractivity contribution >= 4 is 22.6 Å². The number of ether oxygens (including phenoxy) is 1. The Kier molecular flexibility index (Phi) is 2.72. The van der Waals surface area contributed by atoms with Crippen LogP contribution in [-0.2, 0) is 16.0 Å². The monoisotopic (exact) mass is 216 g/mol. The van der Waals surface area contributed by atoms with Gasteiger partial charge in [0, 0.05) is 5.39 Å². The molecule has 2 aromatic rings. The minimum atomic E-state index is -0.303. The number of nitrogens with two attached hydrogens (primary N) is 1. The molecule has 4 nitrogen and oxygen atoms in total. The van der Waals surface area contributed by atoms with Gasteiger partial charge in [0.25, 0.3) is 0 Å². The number of carbonyl (C=O) groups is 1. The predicted molar refractivity (Wildman–Crippen MR) is 61.9 cm³/mol. The summed E-state index contributed by atoms with van der Waals surface area (Å²) in [7, 11) is 1.36. The van der Waals surface area contributed by atoms with E-state index < -0.39 is 0 Å². The van der Waals surface area contributed by atoms with Crippen molar-refractivity contribution in [1.29, 1.82) is 0 Å². The fraction of sp³-hybridized carbons (Fsp3) is 0.167. The molecule has 0 amide bonds. The summed E-state index contributed by atoms with van der Waals surface area (Å²) in [4.78, 5) is 15.5. The summed E-state index contributed by atoms with van der Waals surface area (Å²) in [6.45, 7) is 0. The summed E-state index contributed by atoms with van der Waals surface area (Å²) in [6.07, 6.45) is 1.74. The summed E-state index contributed by atoms with van der Waals surface area (Å²) < 4.78 is 4.64. The molecular formula is C12H12N2O2. The van der Waals surface area contributed by atoms with Crippen LogP contribution in [-0.4, -0.2) is 18.1 Å². The van der Waals surface area contributed by atoms with Gasteiger partial charge < -0.3 is 10.5 Å². The lowest BCUT2D eigenvalue weighted by Crippen LogP contribution is -2.07. The molecule has 0 unspecified atom stereocenters. The van der Waals surface area contributed by atoms with E-state index in [1.807, 2.05) is 24.3 Å². The molecule has 0 saturated heterocycles. The quantitative estimate of drug-likeness (QED) is 0.773. The number of aromatic nitrogens is 1. The molecule has 0 spiro atoms. The van der Waals surface area contributed by atoms with Gasteiger partial charge in [-0.1, -0.05) is 18.2 Å². The lowest BCUT2D eigenvalue weighted by atomic mass is 10.0. The first-order valence-corrected chi connectivity index (χ1v) is 4.91. The molecule has 16 heavy (non-hydrogen) atoms. The first kappa shape index (κ1) is 10.4. The van der Waals surface area contributed by atoms with E-state index in [0.29, 0.717) is 5.69 Å². The van der Waals surface area contributed by atoms with Gasteiger partial charge in [-0.2, -0.15) is 0 Å². The largest absolute Gasteiger partial charge is 0.469 e. The number of benzene rings is 1. The topological polar surface area (TPSA) is 65.2 Å². The maximum Gasteiger partial charge on any atom is 0.310 e. The van der Waals surface area contributed by atoms with Crippen molar-refractivity contribution in [2.24, 2.45) is 0 Å². The number of pyridine rings is 1. The number of esters is 1. The molecule has 0 radical (unpaired) electrons. The molecule has 0 fully saturated rings. The van der Waals surface area contributed by atoms with Gasteiger partial charge in [0.05, 0.1) is 30.9 Å². The van der Waals surface area contributed by atoms with Crippen molar-refractivity contribution in [2.75, 3.05) is 12.8 Å². The molecule has 1 heterocycles. The lowest BCUT2D eigenvalue weighted by molar-refractivity contribution is -0.139. The van der Waals surface area contributed by atoms with Crippen molar-refractivity contribution in [2.45, 2.75) is 6.42 Å². The van der Waals surface area contributed by atoms with Crippen LogP contribution in [0.4, 0.5) is 5.69 Å². The highest BCUT2D eigenvalue weighted by Crippen LogP contribution is 2.22. The van der Waals surface area contributed by atoms with Gasteiger partial charge >= 0.3 is 5.97 Å². The average molecular weight is 216 g/mol. The summed E-state index contributed by atoms with van der Waals surface area (Å²) in [5.74, 6) is -0.303. The van der Waals surface area contributed by atoms with Crippen LogP contribution >= 0.6 is 0 Å². The number of nitrogen functional groups attached to an aromatic ring is 1. The number of hydrogen-bond donors (Lipinski definition) is 1. The second kappa shape index (κ2) is 4.18. The average Bonchev–Trinajstić information content (AvgIpc) is 2.32. The zero-order valence-corrected chi connectivity index (χ0v) is 8.93. The second-order valence-electron chi connectivity index (χ2n) is 3.46. The molecule has 0 aliphatic rings. The third kappa shape index (κ3) is 1.82. The summed E-state index contributed by atoms with van der Waals surface area (Å²) >= 11 is 0. The van der Waals surface area contributed by atoms with Crippen molar-refractivity contribution in [3.8, 4) is 0 Å². The zero-order chi connectivity index (χ0) is 11.5. The van der Waals surface area contributed by atoms with E-state index in [4.69, 9.17) is 5.73 Å². The fourth-order valence-electron chi connectivity index (χ4n) is 1.63. The van der Waals surface area contributed by atoms with Gasteiger partial charge in [-0.05, 0) is 11.6 Å². The number of rotatable bonds is 2. The SMILES string of the molecule is COC(=O)Cc1c(N)cnc2ccccc12. The smallest absolute Gasteiger partial charge is 0.310 e. The van der Waals surface area contributed by atoms with E-state index in [0.717, 1.165) is 16.5 Å². The second-order valence-corrected chi connectivity index (χ2v) is 3.46. The third-order valence-corrected chi connectivity index (χ3v) is 2.47. The van der Waals surface area contributed by atoms with Crippen molar-refractivity contribution in [3.63, 3.8) is 0 Å². The Morgan fingerprint density at radius 1 is 1.44 bits per heavy atom. The first-order valence-electron chi connectivity index (χ1n) is 4.91. The number of methoxy groups -OCH3 is 1. The van der Waals surface area contributed by atoms with Crippen LogP contribution in [0, 0.1) is 0 Å². The number of fused-ring (bicyclic) bond motifs is 1. The normalized spacial score (nSPS) is 10.3. The minimum Gasteiger partial charge on any atom is -0.469 e. The predicted octanol–water partition coefficient (Wildman–Crippen LogP) is 1.53. The van der Waals surface area contributed by atoms with Crippen molar-refractivity contribution in [3.05, 3.63) is 36.0 Å². The Morgan fingerprint density at radius 3 is 2.94 bits per heavy atom. The molecule has 0 bridgehead atoms. The molecular weight excluding hydrogens is 204 g/mol. The molecule has 0 saturated carbocycles. The number of nitrogens with zero attached hydrogens (tertiary/aromatic N) is 1. The molecule has 4 heteroatoms. The van der Waals surface area contributed by atoms with E-state index in [-0.39, 0.29) is 12.4 Å². The Balaban J connectivity index is 2.57. The molecule has 0 atom stereocenters. The number of carbonyl (C=O) groups excluding carboxylic acids is 1. The Labute approximate surface area is 93.0 Å². The molecule has 0 aliphatic carbocycles. The van der Waals surface area contributed by atoms with E-state index >= 15 is 0 Å². The Morgan fingerprint density at radius 2 is 2.19 bits per heavy atom. The van der Waals surface area contributed by atoms with Crippen molar-refractivity contribution < 1.29 is 9.53 Å². The van der Waals surface area contributed by atoms with Crippen LogP contribution in [0.3, 0.4) is 0 Å². The molecule has 2 N–H and O–H groups in total. The molecule has 82 valence electrons. The van der Waals surface area contributed by atoms with Gasteiger partial charge in [-0.15, -0.1) is 0 Å². The maximum atomic E-state index is 11.3. The summed E-state index contributed by atoms with van der Waals surface area (Å²) in [6, 6.07) is 7.57. The summed E-state index contributed by atoms with van der Waals surface area (Å²) in [5, 5.41) is 0.896. The number of anilines is 1. The maximum absolute atomic E-state index is 11.3. The molecule has 1 aromatic heterocycles. The zero-order valence-electron chi connectivity index (χ0n) is 8.93. The summed E-state index contributed by atoms with van der Waals surface area (Å²) in [5.41, 5.74) is 7.94. The number of para-hydroxylation sites is 1. The minimum absolute atomic E-state index is 0.172. The first-order chi connectivity index (χ1) is 7.72. The van der Waals surface area contributed by atoms with Crippen LogP contribution in [0.1, 0.15) is 5.56 Å². The molecule has 2 rings (SSSR count). The Hall–Kier alpha value is -2.10.